The van der Waals surface area contributed by atoms with Crippen LogP contribution in [-0.2, 0) is 9.47 Å². The van der Waals surface area contributed by atoms with E-state index in [1.54, 1.807) is 24.3 Å². The van der Waals surface area contributed by atoms with Gasteiger partial charge in [0.05, 0.1) is 66.9 Å². The molecule has 0 saturated carbocycles. The topological polar surface area (TPSA) is 118 Å². The summed E-state index contributed by atoms with van der Waals surface area (Å²) in [6.45, 7) is 0.915. The van der Waals surface area contributed by atoms with E-state index in [-0.39, 0.29) is 36.2 Å². The Morgan fingerprint density at radius 1 is 1.28 bits per heavy atom. The number of hydrogen-bond acceptors (Lipinski definition) is 7. The minimum atomic E-state index is -0.534. The van der Waals surface area contributed by atoms with Crippen LogP contribution in [-0.4, -0.2) is 66.7 Å². The van der Waals surface area contributed by atoms with Crippen LogP contribution in [0.5, 0.6) is 5.75 Å². The number of fused-ring (bicyclic) bond motifs is 1. The van der Waals surface area contributed by atoms with Crippen LogP contribution in [0.1, 0.15) is 28.4 Å². The van der Waals surface area contributed by atoms with E-state index in [1.807, 2.05) is 0 Å². The highest BCUT2D eigenvalue weighted by Crippen LogP contribution is 2.43. The molecule has 0 bridgehead atoms. The molecule has 36 heavy (non-hydrogen) atoms. The molecule has 190 valence electrons. The number of aromatic nitrogens is 2. The second-order valence-electron chi connectivity index (χ2n) is 8.70. The molecule has 11 heteroatoms. The van der Waals surface area contributed by atoms with E-state index in [9.17, 15) is 14.3 Å². The van der Waals surface area contributed by atoms with Crippen LogP contribution in [0, 0.1) is 5.82 Å². The van der Waals surface area contributed by atoms with E-state index in [2.05, 4.69) is 20.6 Å². The maximum Gasteiger partial charge on any atom is 0.255 e. The molecule has 1 fully saturated rings. The van der Waals surface area contributed by atoms with Crippen LogP contribution in [0.2, 0.25) is 5.02 Å². The number of carbonyl (C=O) groups is 1. The number of pyridine rings is 1. The van der Waals surface area contributed by atoms with Gasteiger partial charge in [-0.25, -0.2) is 4.39 Å². The van der Waals surface area contributed by atoms with Gasteiger partial charge in [-0.3, -0.25) is 9.78 Å². The highest BCUT2D eigenvalue weighted by atomic mass is 35.5. The Morgan fingerprint density at radius 2 is 2.08 bits per heavy atom. The number of aromatic amines is 1. The number of anilines is 2. The lowest BCUT2D eigenvalue weighted by molar-refractivity contribution is -0.147. The summed E-state index contributed by atoms with van der Waals surface area (Å²) in [6.07, 6.45) is 2.63. The van der Waals surface area contributed by atoms with Crippen LogP contribution in [0.3, 0.4) is 0 Å². The van der Waals surface area contributed by atoms with Crippen LogP contribution < -0.4 is 15.4 Å². The molecule has 0 radical (unpaired) electrons. The SMILES string of the molecule is COc1c(Cl)cccc1Nc1c(-c2ccncc2F)[nH]c2c1C(=O)NCC2C[C@H]1CO[C@H](CO)CO1. The zero-order valence-corrected chi connectivity index (χ0v) is 20.3. The number of aliphatic hydroxyl groups is 1. The first-order valence-corrected chi connectivity index (χ1v) is 12.0. The third kappa shape index (κ3) is 4.64. The highest BCUT2D eigenvalue weighted by molar-refractivity contribution is 6.32. The van der Waals surface area contributed by atoms with Gasteiger partial charge in [0.15, 0.2) is 11.6 Å². The lowest BCUT2D eigenvalue weighted by atomic mass is 9.91. The summed E-state index contributed by atoms with van der Waals surface area (Å²) < 4.78 is 31.9. The van der Waals surface area contributed by atoms with Crippen molar-refractivity contribution in [3.8, 4) is 17.0 Å². The Bertz CT molecular complexity index is 1260. The average molecular weight is 517 g/mol. The number of halogens is 2. The number of H-pyrrole nitrogens is 1. The van der Waals surface area contributed by atoms with Gasteiger partial charge in [0.25, 0.3) is 5.91 Å². The van der Waals surface area contributed by atoms with E-state index in [0.717, 1.165) is 6.20 Å². The largest absolute Gasteiger partial charge is 0.493 e. The fourth-order valence-electron chi connectivity index (χ4n) is 4.67. The lowest BCUT2D eigenvalue weighted by Gasteiger charge is -2.32. The van der Waals surface area contributed by atoms with Crippen molar-refractivity contribution >= 4 is 28.9 Å². The standard InChI is InChI=1S/C25H26ClFN4O5/c1-34-24-17(26)3-2-4-19(24)30-23-20-21(31-22(23)16-5-6-28-9-18(16)27)13(8-29-25(20)33)7-14-11-36-15(10-32)12-35-14/h2-6,9,13-15,30-32H,7-8,10-12H2,1H3,(H,29,33)/t13?,14-,15+/m0/s1. The minimum Gasteiger partial charge on any atom is -0.493 e. The molecule has 2 aliphatic heterocycles. The van der Waals surface area contributed by atoms with Crippen LogP contribution in [0.15, 0.2) is 36.7 Å². The van der Waals surface area contributed by atoms with Crippen molar-refractivity contribution in [1.82, 2.24) is 15.3 Å². The third-order valence-electron chi connectivity index (χ3n) is 6.43. The second-order valence-corrected chi connectivity index (χ2v) is 9.11. The van der Waals surface area contributed by atoms with Gasteiger partial charge in [-0.1, -0.05) is 17.7 Å². The molecule has 2 aliphatic rings. The number of methoxy groups -OCH3 is 1. The van der Waals surface area contributed by atoms with Gasteiger partial charge >= 0.3 is 0 Å². The Labute approximate surface area is 211 Å². The average Bonchev–Trinajstić information content (AvgIpc) is 3.26. The van der Waals surface area contributed by atoms with Crippen molar-refractivity contribution in [2.45, 2.75) is 24.5 Å². The van der Waals surface area contributed by atoms with Crippen molar-refractivity contribution in [2.75, 3.05) is 38.8 Å². The third-order valence-corrected chi connectivity index (χ3v) is 6.73. The summed E-state index contributed by atoms with van der Waals surface area (Å²) in [5.41, 5.74) is 2.64. The van der Waals surface area contributed by atoms with Crippen molar-refractivity contribution in [3.05, 3.63) is 58.8 Å². The number of nitrogens with zero attached hydrogens (tertiary/aromatic N) is 1. The number of nitrogens with one attached hydrogen (secondary N) is 3. The van der Waals surface area contributed by atoms with Crippen LogP contribution in [0.25, 0.3) is 11.3 Å². The molecule has 4 N–H and O–H groups in total. The fourth-order valence-corrected chi connectivity index (χ4v) is 4.92. The molecule has 1 unspecified atom stereocenters. The summed E-state index contributed by atoms with van der Waals surface area (Å²) >= 11 is 6.31. The molecule has 2 aromatic heterocycles. The van der Waals surface area contributed by atoms with Crippen molar-refractivity contribution < 1.29 is 28.5 Å². The van der Waals surface area contributed by atoms with Gasteiger partial charge in [-0.2, -0.15) is 0 Å². The number of aliphatic hydroxyl groups excluding tert-OH is 1. The van der Waals surface area contributed by atoms with Gasteiger partial charge in [-0.15, -0.1) is 0 Å². The van der Waals surface area contributed by atoms with E-state index in [0.29, 0.717) is 65.3 Å². The molecule has 1 aromatic carbocycles. The smallest absolute Gasteiger partial charge is 0.255 e. The maximum absolute atomic E-state index is 14.9. The van der Waals surface area contributed by atoms with Gasteiger partial charge < -0.3 is 34.9 Å². The minimum absolute atomic E-state index is 0.101. The van der Waals surface area contributed by atoms with Gasteiger partial charge in [-0.05, 0) is 24.6 Å². The van der Waals surface area contributed by atoms with E-state index >= 15 is 0 Å². The summed E-state index contributed by atoms with van der Waals surface area (Å²) in [4.78, 5) is 20.3. The first kappa shape index (κ1) is 24.5. The molecule has 3 atom stereocenters. The molecule has 3 aromatic rings. The maximum atomic E-state index is 14.9. The summed E-state index contributed by atoms with van der Waals surface area (Å²) in [5.74, 6) is -0.567. The van der Waals surface area contributed by atoms with E-state index in [1.165, 1.54) is 13.3 Å². The van der Waals surface area contributed by atoms with E-state index < -0.39 is 5.82 Å². The monoisotopic (exact) mass is 516 g/mol. The first-order valence-electron chi connectivity index (χ1n) is 11.6. The fraction of sp³-hybridized carbons (Fsp3) is 0.360. The van der Waals surface area contributed by atoms with Crippen molar-refractivity contribution in [2.24, 2.45) is 0 Å². The first-order chi connectivity index (χ1) is 17.5. The highest BCUT2D eigenvalue weighted by Gasteiger charge is 2.36. The Kier molecular flexibility index (Phi) is 7.10. The Hall–Kier alpha value is -3.18. The van der Waals surface area contributed by atoms with Crippen molar-refractivity contribution in [3.63, 3.8) is 0 Å². The molecular formula is C25H26ClFN4O5. The van der Waals surface area contributed by atoms with Crippen molar-refractivity contribution in [1.29, 1.82) is 0 Å². The van der Waals surface area contributed by atoms with Gasteiger partial charge in [0.2, 0.25) is 0 Å². The number of amides is 1. The summed E-state index contributed by atoms with van der Waals surface area (Å²) in [6, 6.07) is 6.76. The quantitative estimate of drug-likeness (QED) is 0.379. The zero-order valence-electron chi connectivity index (χ0n) is 19.5. The number of benzene rings is 1. The second kappa shape index (κ2) is 10.4. The van der Waals surface area contributed by atoms with Gasteiger partial charge in [0, 0.05) is 29.9 Å². The molecule has 5 rings (SSSR count). The van der Waals surface area contributed by atoms with Gasteiger partial charge in [0.1, 0.15) is 6.10 Å². The summed E-state index contributed by atoms with van der Waals surface area (Å²) in [7, 11) is 1.50. The number of carbonyl (C=O) groups excluding carboxylic acids is 1. The predicted octanol–water partition coefficient (Wildman–Crippen LogP) is 3.61. The number of rotatable bonds is 7. The Morgan fingerprint density at radius 3 is 2.81 bits per heavy atom. The molecule has 1 saturated heterocycles. The number of hydrogen-bond donors (Lipinski definition) is 4. The molecular weight excluding hydrogens is 491 g/mol. The molecule has 0 spiro atoms. The molecule has 1 amide bonds. The number of para-hydroxylation sites is 1. The summed E-state index contributed by atoms with van der Waals surface area (Å²) in [5, 5.41) is 15.9. The zero-order chi connectivity index (χ0) is 25.2. The molecule has 4 heterocycles. The number of ether oxygens (including phenoxy) is 3. The lowest BCUT2D eigenvalue weighted by Crippen LogP contribution is -2.41. The van der Waals surface area contributed by atoms with Crippen LogP contribution >= 0.6 is 11.6 Å². The van der Waals surface area contributed by atoms with E-state index in [4.69, 9.17) is 25.8 Å². The predicted molar refractivity (Wildman–Crippen MR) is 132 cm³/mol. The Balaban J connectivity index is 1.57. The normalized spacial score (nSPS) is 21.6. The van der Waals surface area contributed by atoms with Crippen LogP contribution in [0.4, 0.5) is 15.8 Å². The molecule has 0 aliphatic carbocycles. The molecule has 9 nitrogen and oxygen atoms in total.